The van der Waals surface area contributed by atoms with Gasteiger partial charge in [0.05, 0.1) is 0 Å². The Hall–Kier alpha value is -1.08. The maximum Gasteiger partial charge on any atom is 0.248 e. The van der Waals surface area contributed by atoms with Crippen LogP contribution in [0.4, 0.5) is 0 Å². The van der Waals surface area contributed by atoms with E-state index >= 15 is 0 Å². The SMILES string of the molecule is CN(C)CCNCCC(c1ccccc1)C1(C(N)=O)NCCS1. The van der Waals surface area contributed by atoms with Gasteiger partial charge in [-0.2, -0.15) is 0 Å². The van der Waals surface area contributed by atoms with Crippen LogP contribution in [-0.2, 0) is 4.79 Å². The van der Waals surface area contributed by atoms with Crippen LogP contribution in [0.25, 0.3) is 0 Å². The lowest BCUT2D eigenvalue weighted by Gasteiger charge is -2.34. The van der Waals surface area contributed by atoms with E-state index in [0.29, 0.717) is 0 Å². The number of nitrogens with zero attached hydrogens (tertiary/aromatic N) is 1. The zero-order valence-corrected chi connectivity index (χ0v) is 14.9. The molecular formula is C17H28N4OS. The molecule has 0 radical (unpaired) electrons. The summed E-state index contributed by atoms with van der Waals surface area (Å²) in [5.41, 5.74) is 6.96. The number of carbonyl (C=O) groups excluding carboxylic acids is 1. The van der Waals surface area contributed by atoms with Crippen LogP contribution >= 0.6 is 11.8 Å². The molecule has 0 aliphatic carbocycles. The number of nitrogens with one attached hydrogen (secondary N) is 2. The Morgan fingerprint density at radius 1 is 1.39 bits per heavy atom. The van der Waals surface area contributed by atoms with Crippen molar-refractivity contribution in [3.05, 3.63) is 35.9 Å². The maximum atomic E-state index is 12.2. The first-order valence-electron chi connectivity index (χ1n) is 8.15. The van der Waals surface area contributed by atoms with Gasteiger partial charge >= 0.3 is 0 Å². The van der Waals surface area contributed by atoms with Gasteiger partial charge < -0.3 is 16.0 Å². The van der Waals surface area contributed by atoms with Crippen molar-refractivity contribution in [1.29, 1.82) is 0 Å². The first-order valence-corrected chi connectivity index (χ1v) is 9.14. The highest BCUT2D eigenvalue weighted by Gasteiger charge is 2.47. The Balaban J connectivity index is 2.08. The average molecular weight is 337 g/mol. The Bertz CT molecular complexity index is 489. The summed E-state index contributed by atoms with van der Waals surface area (Å²) in [6, 6.07) is 10.2. The highest BCUT2D eigenvalue weighted by atomic mass is 32.2. The van der Waals surface area contributed by atoms with Crippen LogP contribution in [0.15, 0.2) is 30.3 Å². The van der Waals surface area contributed by atoms with Gasteiger partial charge in [-0.3, -0.25) is 10.1 Å². The molecule has 23 heavy (non-hydrogen) atoms. The van der Waals surface area contributed by atoms with Gasteiger partial charge in [-0.1, -0.05) is 30.3 Å². The van der Waals surface area contributed by atoms with Crippen LogP contribution in [-0.4, -0.2) is 61.7 Å². The molecule has 1 aliphatic rings. The molecule has 0 aromatic heterocycles. The molecule has 1 aromatic carbocycles. The molecule has 1 saturated heterocycles. The van der Waals surface area contributed by atoms with E-state index in [1.807, 2.05) is 18.2 Å². The fraction of sp³-hybridized carbons (Fsp3) is 0.588. The summed E-state index contributed by atoms with van der Waals surface area (Å²) in [5, 5.41) is 6.85. The number of rotatable bonds is 9. The van der Waals surface area contributed by atoms with E-state index in [-0.39, 0.29) is 11.8 Å². The van der Waals surface area contributed by atoms with E-state index in [1.54, 1.807) is 11.8 Å². The molecule has 2 unspecified atom stereocenters. The van der Waals surface area contributed by atoms with Crippen molar-refractivity contribution in [2.24, 2.45) is 5.73 Å². The molecular weight excluding hydrogens is 308 g/mol. The zero-order valence-electron chi connectivity index (χ0n) is 14.0. The Morgan fingerprint density at radius 3 is 2.70 bits per heavy atom. The van der Waals surface area contributed by atoms with Crippen LogP contribution in [0, 0.1) is 0 Å². The third-order valence-corrected chi connectivity index (χ3v) is 5.72. The monoisotopic (exact) mass is 336 g/mol. The van der Waals surface area contributed by atoms with Crippen LogP contribution in [0.3, 0.4) is 0 Å². The average Bonchev–Trinajstić information content (AvgIpc) is 3.02. The molecule has 128 valence electrons. The van der Waals surface area contributed by atoms with Crippen LogP contribution in [0.5, 0.6) is 0 Å². The number of likely N-dealkylation sites (N-methyl/N-ethyl adjacent to an activating group) is 1. The first-order chi connectivity index (χ1) is 11.1. The van der Waals surface area contributed by atoms with Crippen molar-refractivity contribution in [3.8, 4) is 0 Å². The number of hydrogen-bond acceptors (Lipinski definition) is 5. The second kappa shape index (κ2) is 8.68. The minimum atomic E-state index is -0.690. The van der Waals surface area contributed by atoms with Crippen LogP contribution in [0.1, 0.15) is 17.9 Å². The van der Waals surface area contributed by atoms with Gasteiger partial charge in [-0.25, -0.2) is 0 Å². The summed E-state index contributed by atoms with van der Waals surface area (Å²) in [5.74, 6) is 0.725. The Kier molecular flexibility index (Phi) is 6.89. The molecule has 1 heterocycles. The summed E-state index contributed by atoms with van der Waals surface area (Å²) in [4.78, 5) is 13.7. The highest BCUT2D eigenvalue weighted by molar-refractivity contribution is 8.01. The van der Waals surface area contributed by atoms with Crippen molar-refractivity contribution in [2.75, 3.05) is 46.0 Å². The summed E-state index contributed by atoms with van der Waals surface area (Å²) < 4.78 is 0. The maximum absolute atomic E-state index is 12.2. The van der Waals surface area contributed by atoms with Crippen molar-refractivity contribution in [3.63, 3.8) is 0 Å². The topological polar surface area (TPSA) is 70.4 Å². The van der Waals surface area contributed by atoms with Gasteiger partial charge in [0.2, 0.25) is 5.91 Å². The van der Waals surface area contributed by atoms with Crippen molar-refractivity contribution >= 4 is 17.7 Å². The van der Waals surface area contributed by atoms with E-state index in [0.717, 1.165) is 38.4 Å². The van der Waals surface area contributed by atoms with E-state index in [2.05, 4.69) is 41.8 Å². The van der Waals surface area contributed by atoms with Gasteiger partial charge in [-0.15, -0.1) is 11.8 Å². The zero-order chi connectivity index (χ0) is 16.7. The lowest BCUT2D eigenvalue weighted by Crippen LogP contribution is -2.54. The fourth-order valence-corrected chi connectivity index (χ4v) is 4.35. The number of primary amides is 1. The summed E-state index contributed by atoms with van der Waals surface area (Å²) in [6.07, 6.45) is 0.875. The number of amides is 1. The largest absolute Gasteiger partial charge is 0.367 e. The summed E-state index contributed by atoms with van der Waals surface area (Å²) >= 11 is 1.65. The molecule has 1 aliphatic heterocycles. The summed E-state index contributed by atoms with van der Waals surface area (Å²) in [7, 11) is 4.13. The quantitative estimate of drug-likeness (QED) is 0.583. The van der Waals surface area contributed by atoms with Gasteiger partial charge in [-0.05, 0) is 32.6 Å². The number of nitrogens with two attached hydrogens (primary N) is 1. The van der Waals surface area contributed by atoms with E-state index in [4.69, 9.17) is 5.73 Å². The third-order valence-electron chi connectivity index (χ3n) is 4.22. The lowest BCUT2D eigenvalue weighted by molar-refractivity contribution is -0.121. The number of carbonyl (C=O) groups is 1. The molecule has 0 saturated carbocycles. The minimum absolute atomic E-state index is 0.0700. The predicted molar refractivity (Wildman–Crippen MR) is 97.6 cm³/mol. The first kappa shape index (κ1) is 18.3. The minimum Gasteiger partial charge on any atom is -0.367 e. The van der Waals surface area contributed by atoms with Crippen LogP contribution < -0.4 is 16.4 Å². The van der Waals surface area contributed by atoms with E-state index in [9.17, 15) is 4.79 Å². The van der Waals surface area contributed by atoms with Gasteiger partial charge in [0.25, 0.3) is 0 Å². The Labute approximate surface area is 143 Å². The molecule has 2 atom stereocenters. The molecule has 6 heteroatoms. The third kappa shape index (κ3) is 4.70. The molecule has 0 spiro atoms. The number of hydrogen-bond donors (Lipinski definition) is 3. The van der Waals surface area contributed by atoms with Gasteiger partial charge in [0.15, 0.2) is 4.87 Å². The smallest absolute Gasteiger partial charge is 0.248 e. The molecule has 5 nitrogen and oxygen atoms in total. The predicted octanol–water partition coefficient (Wildman–Crippen LogP) is 0.830. The lowest BCUT2D eigenvalue weighted by atomic mass is 9.87. The van der Waals surface area contributed by atoms with Gasteiger partial charge in [0, 0.05) is 31.3 Å². The second-order valence-electron chi connectivity index (χ2n) is 6.18. The van der Waals surface area contributed by atoms with Crippen molar-refractivity contribution in [2.45, 2.75) is 17.2 Å². The molecule has 0 bridgehead atoms. The van der Waals surface area contributed by atoms with Crippen molar-refractivity contribution < 1.29 is 4.79 Å². The number of benzene rings is 1. The molecule has 2 rings (SSSR count). The standard InChI is InChI=1S/C17H28N4OS/c1-21(2)12-10-19-9-8-15(14-6-4-3-5-7-14)17(16(18)22)20-11-13-23-17/h3-7,15,19-20H,8-13H2,1-2H3,(H2,18,22). The van der Waals surface area contributed by atoms with E-state index in [1.165, 1.54) is 5.56 Å². The molecule has 1 fully saturated rings. The van der Waals surface area contributed by atoms with Crippen LogP contribution in [0.2, 0.25) is 0 Å². The normalized spacial score (nSPS) is 22.4. The van der Waals surface area contributed by atoms with Gasteiger partial charge in [0.1, 0.15) is 0 Å². The molecule has 1 amide bonds. The number of thioether (sulfide) groups is 1. The Morgan fingerprint density at radius 2 is 2.13 bits per heavy atom. The fourth-order valence-electron chi connectivity index (χ4n) is 3.02. The van der Waals surface area contributed by atoms with Crippen molar-refractivity contribution in [1.82, 2.24) is 15.5 Å². The highest BCUT2D eigenvalue weighted by Crippen LogP contribution is 2.42. The second-order valence-corrected chi connectivity index (χ2v) is 7.52. The molecule has 4 N–H and O–H groups in total. The summed E-state index contributed by atoms with van der Waals surface area (Å²) in [6.45, 7) is 3.64. The van der Waals surface area contributed by atoms with E-state index < -0.39 is 4.87 Å². The molecule has 1 aromatic rings.